The highest BCUT2D eigenvalue weighted by Crippen LogP contribution is 2.31. The van der Waals surface area contributed by atoms with Crippen LogP contribution >= 0.6 is 39.1 Å². The Morgan fingerprint density at radius 1 is 1.25 bits per heavy atom. The molecule has 1 aromatic heterocycles. The van der Waals surface area contributed by atoms with Gasteiger partial charge in [-0.2, -0.15) is 0 Å². The molecule has 0 aliphatic heterocycles. The molecule has 0 spiro atoms. The van der Waals surface area contributed by atoms with Crippen molar-refractivity contribution >= 4 is 39.1 Å². The summed E-state index contributed by atoms with van der Waals surface area (Å²) in [5.41, 5.74) is 1.48. The van der Waals surface area contributed by atoms with E-state index >= 15 is 0 Å². The minimum atomic E-state index is 0.0245. The highest BCUT2D eigenvalue weighted by Gasteiger charge is 2.14. The molecule has 2 rings (SSSR count). The summed E-state index contributed by atoms with van der Waals surface area (Å²) in [6, 6.07) is 3.55. The molecule has 0 amide bonds. The molecule has 0 aliphatic carbocycles. The SMILES string of the molecule is CC(C)(C)NCc1cn(-c2c(Cl)cc(Br)cc2Cl)nn1. The molecular weight excluding hydrogens is 363 g/mol. The van der Waals surface area contributed by atoms with Gasteiger partial charge in [-0.3, -0.25) is 0 Å². The fraction of sp³-hybridized carbons (Fsp3) is 0.385. The summed E-state index contributed by atoms with van der Waals surface area (Å²) >= 11 is 15.8. The molecule has 0 fully saturated rings. The second-order valence-electron chi connectivity index (χ2n) is 5.48. The Morgan fingerprint density at radius 3 is 2.40 bits per heavy atom. The van der Waals surface area contributed by atoms with Gasteiger partial charge < -0.3 is 5.32 Å². The number of aromatic nitrogens is 3. The quantitative estimate of drug-likeness (QED) is 0.870. The minimum absolute atomic E-state index is 0.0245. The van der Waals surface area contributed by atoms with Crippen LogP contribution in [0.4, 0.5) is 0 Å². The maximum atomic E-state index is 6.21. The first-order chi connectivity index (χ1) is 9.26. The standard InChI is InChI=1S/C13H15BrCl2N4/c1-13(2,3)17-6-9-7-20(19-18-9)12-10(15)4-8(14)5-11(12)16/h4-5,7,17H,6H2,1-3H3. The van der Waals surface area contributed by atoms with E-state index in [4.69, 9.17) is 23.2 Å². The van der Waals surface area contributed by atoms with E-state index in [1.165, 1.54) is 0 Å². The van der Waals surface area contributed by atoms with Crippen molar-refractivity contribution in [1.82, 2.24) is 20.3 Å². The Kier molecular flexibility index (Phi) is 4.74. The smallest absolute Gasteiger partial charge is 0.104 e. The Balaban J connectivity index is 2.25. The summed E-state index contributed by atoms with van der Waals surface area (Å²) in [5, 5.41) is 12.6. The van der Waals surface area contributed by atoms with Crippen LogP contribution in [0.5, 0.6) is 0 Å². The Labute approximate surface area is 136 Å². The first kappa shape index (κ1) is 15.8. The van der Waals surface area contributed by atoms with Crippen LogP contribution < -0.4 is 5.32 Å². The van der Waals surface area contributed by atoms with E-state index in [0.717, 1.165) is 10.2 Å². The van der Waals surface area contributed by atoms with Gasteiger partial charge in [0.05, 0.1) is 21.9 Å². The fourth-order valence-electron chi connectivity index (χ4n) is 1.60. The molecule has 0 radical (unpaired) electrons. The molecule has 0 saturated carbocycles. The van der Waals surface area contributed by atoms with Crippen molar-refractivity contribution in [2.24, 2.45) is 0 Å². The summed E-state index contributed by atoms with van der Waals surface area (Å²) in [4.78, 5) is 0. The molecule has 0 aliphatic rings. The number of hydrogen-bond acceptors (Lipinski definition) is 3. The average Bonchev–Trinajstić information content (AvgIpc) is 2.72. The molecule has 1 N–H and O–H groups in total. The van der Waals surface area contributed by atoms with Gasteiger partial charge in [-0.15, -0.1) is 5.10 Å². The fourth-order valence-corrected chi connectivity index (χ4v) is 2.98. The largest absolute Gasteiger partial charge is 0.306 e. The molecule has 0 unspecified atom stereocenters. The molecule has 0 bridgehead atoms. The summed E-state index contributed by atoms with van der Waals surface area (Å²) in [7, 11) is 0. The van der Waals surface area contributed by atoms with Gasteiger partial charge in [-0.05, 0) is 32.9 Å². The number of rotatable bonds is 3. The van der Waals surface area contributed by atoms with Crippen molar-refractivity contribution in [3.05, 3.63) is 38.5 Å². The van der Waals surface area contributed by atoms with Crippen LogP contribution in [0.2, 0.25) is 10.0 Å². The van der Waals surface area contributed by atoms with Crippen LogP contribution in [0.15, 0.2) is 22.8 Å². The lowest BCUT2D eigenvalue weighted by molar-refractivity contribution is 0.421. The van der Waals surface area contributed by atoms with Crippen LogP contribution in [-0.2, 0) is 6.54 Å². The van der Waals surface area contributed by atoms with E-state index in [0.29, 0.717) is 22.3 Å². The van der Waals surface area contributed by atoms with E-state index in [-0.39, 0.29) is 5.54 Å². The van der Waals surface area contributed by atoms with E-state index in [2.05, 4.69) is 52.3 Å². The highest BCUT2D eigenvalue weighted by atomic mass is 79.9. The van der Waals surface area contributed by atoms with Crippen LogP contribution in [0.3, 0.4) is 0 Å². The first-order valence-corrected chi connectivity index (χ1v) is 7.62. The summed E-state index contributed by atoms with van der Waals surface area (Å²) < 4.78 is 2.42. The molecule has 1 aromatic carbocycles. The van der Waals surface area contributed by atoms with Gasteiger partial charge in [0, 0.05) is 16.6 Å². The lowest BCUT2D eigenvalue weighted by Gasteiger charge is -2.19. The second kappa shape index (κ2) is 6.02. The first-order valence-electron chi connectivity index (χ1n) is 6.07. The summed E-state index contributed by atoms with van der Waals surface area (Å²) in [6.45, 7) is 6.93. The minimum Gasteiger partial charge on any atom is -0.306 e. The maximum absolute atomic E-state index is 6.21. The molecule has 4 nitrogen and oxygen atoms in total. The molecular formula is C13H15BrCl2N4. The molecule has 20 heavy (non-hydrogen) atoms. The molecule has 1 heterocycles. The Bertz CT molecular complexity index is 596. The number of nitrogens with one attached hydrogen (secondary N) is 1. The highest BCUT2D eigenvalue weighted by molar-refractivity contribution is 9.10. The van der Waals surface area contributed by atoms with Crippen molar-refractivity contribution in [1.29, 1.82) is 0 Å². The average molecular weight is 378 g/mol. The van der Waals surface area contributed by atoms with Crippen molar-refractivity contribution in [3.8, 4) is 5.69 Å². The van der Waals surface area contributed by atoms with Crippen LogP contribution in [0.1, 0.15) is 26.5 Å². The van der Waals surface area contributed by atoms with Crippen molar-refractivity contribution in [2.75, 3.05) is 0 Å². The molecule has 108 valence electrons. The molecule has 7 heteroatoms. The monoisotopic (exact) mass is 376 g/mol. The van der Waals surface area contributed by atoms with E-state index in [1.807, 2.05) is 6.20 Å². The lowest BCUT2D eigenvalue weighted by atomic mass is 10.1. The maximum Gasteiger partial charge on any atom is 0.104 e. The topological polar surface area (TPSA) is 42.7 Å². The molecule has 0 atom stereocenters. The predicted molar refractivity (Wildman–Crippen MR) is 85.7 cm³/mol. The Hall–Kier alpha value is -0.620. The van der Waals surface area contributed by atoms with Gasteiger partial charge in [0.1, 0.15) is 5.69 Å². The third-order valence-electron chi connectivity index (χ3n) is 2.55. The van der Waals surface area contributed by atoms with Gasteiger partial charge in [0.15, 0.2) is 0 Å². The number of halogens is 3. The van der Waals surface area contributed by atoms with Crippen molar-refractivity contribution in [2.45, 2.75) is 32.9 Å². The number of hydrogen-bond donors (Lipinski definition) is 1. The van der Waals surface area contributed by atoms with Gasteiger partial charge in [0.25, 0.3) is 0 Å². The number of benzene rings is 1. The normalized spacial score (nSPS) is 11.9. The van der Waals surface area contributed by atoms with Crippen LogP contribution in [-0.4, -0.2) is 20.5 Å². The Morgan fingerprint density at radius 2 is 1.85 bits per heavy atom. The van der Waals surface area contributed by atoms with Crippen LogP contribution in [0.25, 0.3) is 5.69 Å². The zero-order valence-corrected chi connectivity index (χ0v) is 14.5. The van der Waals surface area contributed by atoms with Crippen molar-refractivity contribution in [3.63, 3.8) is 0 Å². The van der Waals surface area contributed by atoms with Gasteiger partial charge >= 0.3 is 0 Å². The summed E-state index contributed by atoms with van der Waals surface area (Å²) in [5.74, 6) is 0. The summed E-state index contributed by atoms with van der Waals surface area (Å²) in [6.07, 6.45) is 1.82. The van der Waals surface area contributed by atoms with E-state index in [1.54, 1.807) is 16.8 Å². The zero-order valence-electron chi connectivity index (χ0n) is 11.4. The van der Waals surface area contributed by atoms with Crippen molar-refractivity contribution < 1.29 is 0 Å². The lowest BCUT2D eigenvalue weighted by Crippen LogP contribution is -2.35. The van der Waals surface area contributed by atoms with Gasteiger partial charge in [-0.25, -0.2) is 4.68 Å². The second-order valence-corrected chi connectivity index (χ2v) is 7.21. The third-order valence-corrected chi connectivity index (χ3v) is 3.59. The van der Waals surface area contributed by atoms with E-state index < -0.39 is 0 Å². The van der Waals surface area contributed by atoms with Crippen LogP contribution in [0, 0.1) is 0 Å². The van der Waals surface area contributed by atoms with Gasteiger partial charge in [-0.1, -0.05) is 44.3 Å². The zero-order chi connectivity index (χ0) is 14.9. The molecule has 2 aromatic rings. The molecule has 0 saturated heterocycles. The van der Waals surface area contributed by atoms with E-state index in [9.17, 15) is 0 Å². The van der Waals surface area contributed by atoms with Gasteiger partial charge in [0.2, 0.25) is 0 Å². The third kappa shape index (κ3) is 3.95. The number of nitrogens with zero attached hydrogens (tertiary/aromatic N) is 3. The predicted octanol–water partition coefficient (Wildman–Crippen LogP) is 4.22.